The maximum atomic E-state index is 12.4. The Morgan fingerprint density at radius 1 is 1.40 bits per heavy atom. The Bertz CT molecular complexity index is 875. The van der Waals surface area contributed by atoms with Gasteiger partial charge in [-0.2, -0.15) is 0 Å². The summed E-state index contributed by atoms with van der Waals surface area (Å²) < 4.78 is 37.7. The molecular formula is C14H18ClN3O6S. The first kappa shape index (κ1) is 19.4. The molecule has 3 rings (SSSR count). The highest BCUT2D eigenvalue weighted by atomic mass is 35.5. The minimum atomic E-state index is -3.90. The molecule has 0 aromatic carbocycles. The number of aliphatic carboxylic acids is 1. The van der Waals surface area contributed by atoms with E-state index in [0.717, 1.165) is 5.56 Å². The predicted molar refractivity (Wildman–Crippen MR) is 89.1 cm³/mol. The van der Waals surface area contributed by atoms with Crippen LogP contribution in [0.25, 0.3) is 11.5 Å². The minimum absolute atomic E-state index is 0. The fourth-order valence-corrected chi connectivity index (χ4v) is 3.70. The largest absolute Gasteiger partial charge is 0.480 e. The maximum absolute atomic E-state index is 12.4. The van der Waals surface area contributed by atoms with Crippen LogP contribution in [-0.2, 0) is 14.8 Å². The quantitative estimate of drug-likeness (QED) is 0.688. The van der Waals surface area contributed by atoms with Crippen molar-refractivity contribution in [2.75, 3.05) is 6.54 Å². The highest BCUT2D eigenvalue weighted by Crippen LogP contribution is 2.28. The van der Waals surface area contributed by atoms with Crippen molar-refractivity contribution in [3.05, 3.63) is 23.4 Å². The molecule has 3 heterocycles. The molecule has 2 aromatic rings. The summed E-state index contributed by atoms with van der Waals surface area (Å²) in [7, 11) is -3.90. The Balaban J connectivity index is 0.00000225. The van der Waals surface area contributed by atoms with E-state index in [0.29, 0.717) is 11.5 Å². The molecule has 3 N–H and O–H groups in total. The highest BCUT2D eigenvalue weighted by molar-refractivity contribution is 7.89. The fraction of sp³-hybridized carbons (Fsp3) is 0.429. The van der Waals surface area contributed by atoms with E-state index in [-0.39, 0.29) is 36.2 Å². The van der Waals surface area contributed by atoms with E-state index >= 15 is 0 Å². The first-order chi connectivity index (χ1) is 11.3. The molecule has 0 aliphatic carbocycles. The van der Waals surface area contributed by atoms with Gasteiger partial charge in [-0.3, -0.25) is 4.79 Å². The Hall–Kier alpha value is -1.88. The number of rotatable bonds is 5. The van der Waals surface area contributed by atoms with Crippen LogP contribution in [0, 0.1) is 13.8 Å². The van der Waals surface area contributed by atoms with Crippen molar-refractivity contribution >= 4 is 28.4 Å². The summed E-state index contributed by atoms with van der Waals surface area (Å²) in [6, 6.07) is 1.55. The van der Waals surface area contributed by atoms with Crippen LogP contribution in [0.1, 0.15) is 17.7 Å². The number of nitrogens with one attached hydrogen (secondary N) is 2. The van der Waals surface area contributed by atoms with Crippen molar-refractivity contribution in [1.29, 1.82) is 0 Å². The lowest BCUT2D eigenvalue weighted by Gasteiger charge is -2.10. The number of aromatic nitrogens is 1. The zero-order chi connectivity index (χ0) is 17.5. The molecular weight excluding hydrogens is 374 g/mol. The van der Waals surface area contributed by atoms with Crippen LogP contribution in [0.15, 0.2) is 26.2 Å². The smallest absolute Gasteiger partial charge is 0.320 e. The lowest BCUT2D eigenvalue weighted by molar-refractivity contribution is -0.139. The number of carboxylic acid groups (broad SMARTS) is 1. The summed E-state index contributed by atoms with van der Waals surface area (Å²) in [6.45, 7) is 3.81. The topological polar surface area (TPSA) is 135 Å². The van der Waals surface area contributed by atoms with Gasteiger partial charge in [-0.05, 0) is 32.4 Å². The molecule has 138 valence electrons. The van der Waals surface area contributed by atoms with Crippen LogP contribution >= 0.6 is 12.4 Å². The monoisotopic (exact) mass is 391 g/mol. The summed E-state index contributed by atoms with van der Waals surface area (Å²) in [5, 5.41) is 15.2. The van der Waals surface area contributed by atoms with Crippen molar-refractivity contribution in [3.8, 4) is 11.5 Å². The molecule has 1 aliphatic rings. The molecule has 11 heteroatoms. The van der Waals surface area contributed by atoms with Crippen LogP contribution in [-0.4, -0.2) is 43.3 Å². The molecule has 1 saturated heterocycles. The van der Waals surface area contributed by atoms with Crippen LogP contribution in [0.2, 0.25) is 0 Å². The van der Waals surface area contributed by atoms with Gasteiger partial charge >= 0.3 is 5.97 Å². The third kappa shape index (κ3) is 3.87. The SMILES string of the molecule is Cc1noc(-c2ccc(S(=O)(=O)N[C@@H]3CN[C@H](C(=O)O)C3)o2)c1C.Cl. The van der Waals surface area contributed by atoms with Crippen molar-refractivity contribution in [3.63, 3.8) is 0 Å². The fourth-order valence-electron chi connectivity index (χ4n) is 2.52. The second-order valence-corrected chi connectivity index (χ2v) is 7.34. The number of hydrogen-bond acceptors (Lipinski definition) is 7. The Morgan fingerprint density at radius 2 is 2.12 bits per heavy atom. The zero-order valence-corrected chi connectivity index (χ0v) is 15.1. The molecule has 2 aromatic heterocycles. The van der Waals surface area contributed by atoms with Gasteiger partial charge in [-0.25, -0.2) is 13.1 Å². The lowest BCUT2D eigenvalue weighted by atomic mass is 10.2. The Kier molecular flexibility index (Phi) is 5.57. The predicted octanol–water partition coefficient (Wildman–Crippen LogP) is 1.07. The van der Waals surface area contributed by atoms with Crippen LogP contribution in [0.5, 0.6) is 0 Å². The second kappa shape index (κ2) is 7.16. The zero-order valence-electron chi connectivity index (χ0n) is 13.5. The molecule has 0 unspecified atom stereocenters. The molecule has 25 heavy (non-hydrogen) atoms. The molecule has 9 nitrogen and oxygen atoms in total. The van der Waals surface area contributed by atoms with Gasteiger partial charge in [0, 0.05) is 18.2 Å². The first-order valence-corrected chi connectivity index (χ1v) is 8.78. The van der Waals surface area contributed by atoms with Gasteiger partial charge in [0.25, 0.3) is 10.0 Å². The Morgan fingerprint density at radius 3 is 2.68 bits per heavy atom. The normalized spacial score (nSPS) is 20.4. The Labute approximate surface area is 150 Å². The van der Waals surface area contributed by atoms with E-state index in [1.807, 2.05) is 0 Å². The summed E-state index contributed by atoms with van der Waals surface area (Å²) in [5.74, 6) is -0.364. The average Bonchev–Trinajstić information content (AvgIpc) is 3.21. The number of hydrogen-bond donors (Lipinski definition) is 3. The average molecular weight is 392 g/mol. The molecule has 1 aliphatic heterocycles. The number of sulfonamides is 1. The van der Waals surface area contributed by atoms with Gasteiger partial charge in [0.05, 0.1) is 5.69 Å². The standard InChI is InChI=1S/C14H17N3O6S.ClH/c1-7-8(2)16-23-13(7)11-3-4-12(22-11)24(20,21)17-9-5-10(14(18)19)15-6-9;/h3-4,9-10,15,17H,5-6H2,1-2H3,(H,18,19);1H/t9-,10-;/m0./s1. The maximum Gasteiger partial charge on any atom is 0.320 e. The van der Waals surface area contributed by atoms with Crippen molar-refractivity contribution in [2.45, 2.75) is 37.4 Å². The van der Waals surface area contributed by atoms with E-state index in [9.17, 15) is 13.2 Å². The molecule has 0 amide bonds. The number of aryl methyl sites for hydroxylation is 1. The number of furan rings is 1. The van der Waals surface area contributed by atoms with Gasteiger partial charge < -0.3 is 19.4 Å². The van der Waals surface area contributed by atoms with Gasteiger partial charge in [-0.15, -0.1) is 12.4 Å². The second-order valence-electron chi connectivity index (χ2n) is 5.69. The van der Waals surface area contributed by atoms with Crippen LogP contribution < -0.4 is 10.0 Å². The molecule has 2 atom stereocenters. The third-order valence-electron chi connectivity index (χ3n) is 3.98. The van der Waals surface area contributed by atoms with Crippen molar-refractivity contribution in [2.24, 2.45) is 0 Å². The van der Waals surface area contributed by atoms with Gasteiger partial charge in [-0.1, -0.05) is 5.16 Å². The van der Waals surface area contributed by atoms with E-state index in [2.05, 4.69) is 15.2 Å². The summed E-state index contributed by atoms with van der Waals surface area (Å²) in [5.41, 5.74) is 1.46. The number of halogens is 1. The van der Waals surface area contributed by atoms with Crippen LogP contribution in [0.4, 0.5) is 0 Å². The van der Waals surface area contributed by atoms with Crippen molar-refractivity contribution in [1.82, 2.24) is 15.2 Å². The van der Waals surface area contributed by atoms with E-state index in [4.69, 9.17) is 14.0 Å². The molecule has 0 bridgehead atoms. The molecule has 1 fully saturated rings. The highest BCUT2D eigenvalue weighted by Gasteiger charge is 2.33. The van der Waals surface area contributed by atoms with Crippen LogP contribution in [0.3, 0.4) is 0 Å². The van der Waals surface area contributed by atoms with Crippen molar-refractivity contribution < 1.29 is 27.3 Å². The number of carboxylic acids is 1. The molecule has 0 saturated carbocycles. The van der Waals surface area contributed by atoms with Gasteiger partial charge in [0.2, 0.25) is 10.9 Å². The summed E-state index contributed by atoms with van der Waals surface area (Å²) in [6.07, 6.45) is 0.169. The minimum Gasteiger partial charge on any atom is -0.480 e. The molecule has 0 radical (unpaired) electrons. The van der Waals surface area contributed by atoms with E-state index in [1.165, 1.54) is 12.1 Å². The first-order valence-electron chi connectivity index (χ1n) is 7.29. The number of carbonyl (C=O) groups is 1. The number of nitrogens with zero attached hydrogens (tertiary/aromatic N) is 1. The summed E-state index contributed by atoms with van der Waals surface area (Å²) in [4.78, 5) is 10.9. The third-order valence-corrected chi connectivity index (χ3v) is 5.37. The van der Waals surface area contributed by atoms with E-state index < -0.39 is 28.1 Å². The van der Waals surface area contributed by atoms with E-state index in [1.54, 1.807) is 13.8 Å². The lowest BCUT2D eigenvalue weighted by Crippen LogP contribution is -2.35. The van der Waals surface area contributed by atoms with Gasteiger partial charge in [0.15, 0.2) is 5.76 Å². The summed E-state index contributed by atoms with van der Waals surface area (Å²) >= 11 is 0. The van der Waals surface area contributed by atoms with Gasteiger partial charge in [0.1, 0.15) is 6.04 Å². The molecule has 0 spiro atoms.